The highest BCUT2D eigenvalue weighted by molar-refractivity contribution is 7.89. The van der Waals surface area contributed by atoms with Gasteiger partial charge in [-0.15, -0.1) is 0 Å². The van der Waals surface area contributed by atoms with Crippen molar-refractivity contribution in [3.63, 3.8) is 0 Å². The van der Waals surface area contributed by atoms with Crippen LogP contribution in [0.4, 0.5) is 0 Å². The van der Waals surface area contributed by atoms with Gasteiger partial charge in [-0.25, -0.2) is 12.7 Å². The van der Waals surface area contributed by atoms with E-state index >= 15 is 0 Å². The number of rotatable bonds is 4. The first-order valence-corrected chi connectivity index (χ1v) is 8.45. The molecule has 0 aromatic carbocycles. The van der Waals surface area contributed by atoms with Crippen molar-refractivity contribution in [3.05, 3.63) is 0 Å². The van der Waals surface area contributed by atoms with Gasteiger partial charge in [0, 0.05) is 32.3 Å². The van der Waals surface area contributed by atoms with Crippen LogP contribution in [-0.2, 0) is 14.8 Å². The van der Waals surface area contributed by atoms with Gasteiger partial charge in [0.1, 0.15) is 0 Å². The maximum atomic E-state index is 12.5. The fourth-order valence-corrected chi connectivity index (χ4v) is 4.79. The van der Waals surface area contributed by atoms with E-state index in [0.717, 1.165) is 19.4 Å². The van der Waals surface area contributed by atoms with E-state index in [1.807, 2.05) is 0 Å². The fraction of sp³-hybridized carbons (Fsp3) is 1.00. The molecule has 5 nitrogen and oxygen atoms in total. The fourth-order valence-electron chi connectivity index (χ4n) is 2.81. The SMILES string of the molecule is CCNC1CCCN(S(=O)(=O)C2CCOCC2)C1. The molecule has 0 bridgehead atoms. The minimum atomic E-state index is -3.12. The van der Waals surface area contributed by atoms with E-state index in [1.54, 1.807) is 4.31 Å². The number of sulfonamides is 1. The van der Waals surface area contributed by atoms with E-state index in [1.165, 1.54) is 0 Å². The Morgan fingerprint density at radius 1 is 1.28 bits per heavy atom. The van der Waals surface area contributed by atoms with Crippen molar-refractivity contribution in [2.24, 2.45) is 0 Å². The number of ether oxygens (including phenoxy) is 1. The summed E-state index contributed by atoms with van der Waals surface area (Å²) in [6.07, 6.45) is 3.32. The molecule has 2 saturated heterocycles. The quantitative estimate of drug-likeness (QED) is 0.815. The normalized spacial score (nSPS) is 28.4. The Bertz CT molecular complexity index is 350. The van der Waals surface area contributed by atoms with Gasteiger partial charge in [-0.05, 0) is 32.2 Å². The minimum absolute atomic E-state index is 0.230. The molecule has 2 aliphatic rings. The van der Waals surface area contributed by atoms with E-state index < -0.39 is 10.0 Å². The molecule has 0 spiro atoms. The van der Waals surface area contributed by atoms with Crippen LogP contribution in [0, 0.1) is 0 Å². The molecule has 1 N–H and O–H groups in total. The highest BCUT2D eigenvalue weighted by Crippen LogP contribution is 2.23. The van der Waals surface area contributed by atoms with Crippen LogP contribution >= 0.6 is 0 Å². The van der Waals surface area contributed by atoms with Gasteiger partial charge in [-0.2, -0.15) is 0 Å². The zero-order valence-corrected chi connectivity index (χ0v) is 11.9. The number of hydrogen-bond acceptors (Lipinski definition) is 4. The summed E-state index contributed by atoms with van der Waals surface area (Å²) in [5.74, 6) is 0. The number of piperidine rings is 1. The smallest absolute Gasteiger partial charge is 0.217 e. The van der Waals surface area contributed by atoms with E-state index in [0.29, 0.717) is 45.2 Å². The number of likely N-dealkylation sites (N-methyl/N-ethyl adjacent to an activating group) is 1. The average molecular weight is 276 g/mol. The summed E-state index contributed by atoms with van der Waals surface area (Å²) in [4.78, 5) is 0. The van der Waals surface area contributed by atoms with Gasteiger partial charge >= 0.3 is 0 Å². The first-order chi connectivity index (χ1) is 8.64. The third-order valence-electron chi connectivity index (χ3n) is 3.83. The first kappa shape index (κ1) is 14.2. The molecule has 2 heterocycles. The molecule has 0 aromatic rings. The molecule has 106 valence electrons. The standard InChI is InChI=1S/C12H24N2O3S/c1-2-13-11-4-3-7-14(10-11)18(15,16)12-5-8-17-9-6-12/h11-13H,2-10H2,1H3. The van der Waals surface area contributed by atoms with Gasteiger partial charge in [0.15, 0.2) is 0 Å². The summed E-state index contributed by atoms with van der Waals surface area (Å²) in [5, 5.41) is 3.13. The number of nitrogens with zero attached hydrogens (tertiary/aromatic N) is 1. The number of nitrogens with one attached hydrogen (secondary N) is 1. The van der Waals surface area contributed by atoms with Crippen molar-refractivity contribution < 1.29 is 13.2 Å². The molecule has 0 amide bonds. The van der Waals surface area contributed by atoms with E-state index in [4.69, 9.17) is 4.74 Å². The Balaban J connectivity index is 1.99. The monoisotopic (exact) mass is 276 g/mol. The van der Waals surface area contributed by atoms with Gasteiger partial charge in [0.05, 0.1) is 5.25 Å². The van der Waals surface area contributed by atoms with Crippen molar-refractivity contribution in [1.82, 2.24) is 9.62 Å². The molecule has 1 atom stereocenters. The zero-order chi connectivity index (χ0) is 13.0. The summed E-state index contributed by atoms with van der Waals surface area (Å²) in [7, 11) is -3.12. The van der Waals surface area contributed by atoms with Crippen molar-refractivity contribution >= 4 is 10.0 Å². The maximum Gasteiger partial charge on any atom is 0.217 e. The van der Waals surface area contributed by atoms with Crippen LogP contribution in [0.1, 0.15) is 32.6 Å². The summed E-state index contributed by atoms with van der Waals surface area (Å²) < 4.78 is 32.0. The highest BCUT2D eigenvalue weighted by Gasteiger charge is 2.35. The Hall–Kier alpha value is -0.170. The second kappa shape index (κ2) is 6.32. The Morgan fingerprint density at radius 2 is 2.00 bits per heavy atom. The Morgan fingerprint density at radius 3 is 2.67 bits per heavy atom. The molecular weight excluding hydrogens is 252 g/mol. The highest BCUT2D eigenvalue weighted by atomic mass is 32.2. The summed E-state index contributed by atoms with van der Waals surface area (Å²) in [6.45, 7) is 5.43. The second-order valence-corrected chi connectivity index (χ2v) is 7.32. The van der Waals surface area contributed by atoms with Crippen LogP contribution in [0.2, 0.25) is 0 Å². The Labute approximate surface area is 110 Å². The summed E-state index contributed by atoms with van der Waals surface area (Å²) in [5.41, 5.74) is 0. The molecule has 0 aliphatic carbocycles. The molecule has 1 unspecified atom stereocenters. The average Bonchev–Trinajstić information content (AvgIpc) is 2.40. The minimum Gasteiger partial charge on any atom is -0.381 e. The van der Waals surface area contributed by atoms with Crippen LogP contribution in [0.25, 0.3) is 0 Å². The van der Waals surface area contributed by atoms with E-state index in [-0.39, 0.29) is 5.25 Å². The van der Waals surface area contributed by atoms with E-state index in [2.05, 4.69) is 12.2 Å². The van der Waals surface area contributed by atoms with Crippen molar-refractivity contribution in [2.45, 2.75) is 43.9 Å². The summed E-state index contributed by atoms with van der Waals surface area (Å²) in [6, 6.07) is 0.318. The van der Waals surface area contributed by atoms with E-state index in [9.17, 15) is 8.42 Å². The molecular formula is C12H24N2O3S. The lowest BCUT2D eigenvalue weighted by Crippen LogP contribution is -2.51. The molecule has 0 saturated carbocycles. The number of hydrogen-bond donors (Lipinski definition) is 1. The third-order valence-corrected chi connectivity index (χ3v) is 6.19. The van der Waals surface area contributed by atoms with Gasteiger partial charge in [0.2, 0.25) is 10.0 Å². The molecule has 2 fully saturated rings. The van der Waals surface area contributed by atoms with Gasteiger partial charge in [-0.3, -0.25) is 0 Å². The molecule has 0 radical (unpaired) electrons. The van der Waals surface area contributed by atoms with Crippen LogP contribution in [-0.4, -0.2) is 56.9 Å². The van der Waals surface area contributed by atoms with Crippen LogP contribution in [0.15, 0.2) is 0 Å². The van der Waals surface area contributed by atoms with Crippen LogP contribution in [0.3, 0.4) is 0 Å². The first-order valence-electron chi connectivity index (χ1n) is 6.94. The lowest BCUT2D eigenvalue weighted by Gasteiger charge is -2.35. The summed E-state index contributed by atoms with van der Waals surface area (Å²) >= 11 is 0. The Kier molecular flexibility index (Phi) is 5.00. The second-order valence-electron chi connectivity index (χ2n) is 5.11. The maximum absolute atomic E-state index is 12.5. The molecule has 2 aliphatic heterocycles. The van der Waals surface area contributed by atoms with Crippen LogP contribution < -0.4 is 5.32 Å². The van der Waals surface area contributed by atoms with Crippen molar-refractivity contribution in [2.75, 3.05) is 32.8 Å². The molecule has 6 heteroatoms. The molecule has 0 aromatic heterocycles. The molecule has 2 rings (SSSR count). The third kappa shape index (κ3) is 3.23. The lowest BCUT2D eigenvalue weighted by atomic mass is 10.1. The molecule has 18 heavy (non-hydrogen) atoms. The largest absolute Gasteiger partial charge is 0.381 e. The topological polar surface area (TPSA) is 58.6 Å². The predicted octanol–water partition coefficient (Wildman–Crippen LogP) is 0.569. The lowest BCUT2D eigenvalue weighted by molar-refractivity contribution is 0.0968. The van der Waals surface area contributed by atoms with Crippen molar-refractivity contribution in [1.29, 1.82) is 0 Å². The van der Waals surface area contributed by atoms with Gasteiger partial charge < -0.3 is 10.1 Å². The van der Waals surface area contributed by atoms with Crippen molar-refractivity contribution in [3.8, 4) is 0 Å². The predicted molar refractivity (Wildman–Crippen MR) is 71.0 cm³/mol. The van der Waals surface area contributed by atoms with Gasteiger partial charge in [0.25, 0.3) is 0 Å². The zero-order valence-electron chi connectivity index (χ0n) is 11.1. The van der Waals surface area contributed by atoms with Gasteiger partial charge in [-0.1, -0.05) is 6.92 Å². The van der Waals surface area contributed by atoms with Crippen LogP contribution in [0.5, 0.6) is 0 Å².